The maximum Gasteiger partial charge on any atom is 0.232 e. The molecular formula is C34H32N2O5. The van der Waals surface area contributed by atoms with Crippen LogP contribution in [0.3, 0.4) is 0 Å². The van der Waals surface area contributed by atoms with Crippen LogP contribution in [0.15, 0.2) is 103 Å². The van der Waals surface area contributed by atoms with Gasteiger partial charge in [-0.05, 0) is 52.4 Å². The molecule has 0 bridgehead atoms. The number of hydrogen-bond donors (Lipinski definition) is 1. The number of hydrogen-bond acceptors (Lipinski definition) is 6. The molecule has 208 valence electrons. The van der Waals surface area contributed by atoms with Crippen LogP contribution < -0.4 is 24.3 Å². The van der Waals surface area contributed by atoms with Crippen LogP contribution in [0, 0.1) is 0 Å². The Bertz CT molecular complexity index is 1600. The molecule has 0 unspecified atom stereocenters. The maximum atomic E-state index is 14.3. The largest absolute Gasteiger partial charge is 0.493 e. The Morgan fingerprint density at radius 3 is 1.78 bits per heavy atom. The van der Waals surface area contributed by atoms with Crippen LogP contribution >= 0.6 is 0 Å². The van der Waals surface area contributed by atoms with Gasteiger partial charge in [-0.3, -0.25) is 9.78 Å². The van der Waals surface area contributed by atoms with Crippen LogP contribution in [-0.4, -0.2) is 39.3 Å². The molecule has 1 aromatic heterocycles. The number of pyridine rings is 1. The first-order valence-electron chi connectivity index (χ1n) is 13.2. The van der Waals surface area contributed by atoms with Crippen molar-refractivity contribution in [3.63, 3.8) is 0 Å². The average Bonchev–Trinajstić information content (AvgIpc) is 3.03. The van der Waals surface area contributed by atoms with Crippen LogP contribution in [0.25, 0.3) is 10.8 Å². The summed E-state index contributed by atoms with van der Waals surface area (Å²) in [6.07, 6.45) is 1.73. The third-order valence-electron chi connectivity index (χ3n) is 7.13. The van der Waals surface area contributed by atoms with Gasteiger partial charge in [0.15, 0.2) is 23.0 Å². The number of methoxy groups -OCH3 is 4. The molecule has 4 aromatic carbocycles. The summed E-state index contributed by atoms with van der Waals surface area (Å²) in [5.74, 6) is 1.61. The van der Waals surface area contributed by atoms with Crippen molar-refractivity contribution in [1.29, 1.82) is 0 Å². The molecule has 0 saturated heterocycles. The molecule has 0 aliphatic carbocycles. The van der Waals surface area contributed by atoms with E-state index in [1.807, 2.05) is 97.1 Å². The molecule has 0 spiro atoms. The molecule has 1 atom stereocenters. The van der Waals surface area contributed by atoms with Crippen molar-refractivity contribution in [2.45, 2.75) is 12.0 Å². The first kappa shape index (κ1) is 27.5. The lowest BCUT2D eigenvalue weighted by molar-refractivity contribution is -0.122. The number of rotatable bonds is 10. The van der Waals surface area contributed by atoms with Crippen molar-refractivity contribution in [3.05, 3.63) is 126 Å². The molecule has 1 heterocycles. The zero-order valence-electron chi connectivity index (χ0n) is 23.5. The van der Waals surface area contributed by atoms with Crippen molar-refractivity contribution in [1.82, 2.24) is 10.3 Å². The Morgan fingerprint density at radius 1 is 0.634 bits per heavy atom. The molecule has 1 amide bonds. The van der Waals surface area contributed by atoms with E-state index in [1.165, 1.54) is 0 Å². The highest BCUT2D eigenvalue weighted by Gasteiger charge is 2.29. The SMILES string of the molecule is COc1ccc([C@@H](NC(=O)C(c2ccccc2)c2ccccc2)c2nccc3cc(OC)c(OC)cc23)cc1OC. The van der Waals surface area contributed by atoms with E-state index in [4.69, 9.17) is 23.9 Å². The summed E-state index contributed by atoms with van der Waals surface area (Å²) in [5.41, 5.74) is 3.22. The molecule has 0 fully saturated rings. The topological polar surface area (TPSA) is 78.9 Å². The lowest BCUT2D eigenvalue weighted by Crippen LogP contribution is -2.34. The number of ether oxygens (including phenoxy) is 4. The van der Waals surface area contributed by atoms with E-state index in [9.17, 15) is 4.79 Å². The van der Waals surface area contributed by atoms with Gasteiger partial charge in [-0.15, -0.1) is 0 Å². The fourth-order valence-corrected chi connectivity index (χ4v) is 5.11. The number of aromatic nitrogens is 1. The lowest BCUT2D eigenvalue weighted by Gasteiger charge is -2.25. The van der Waals surface area contributed by atoms with Gasteiger partial charge in [0, 0.05) is 11.6 Å². The van der Waals surface area contributed by atoms with Crippen LogP contribution in [0.4, 0.5) is 0 Å². The molecule has 7 heteroatoms. The molecule has 5 rings (SSSR count). The van der Waals surface area contributed by atoms with Crippen LogP contribution in [-0.2, 0) is 4.79 Å². The van der Waals surface area contributed by atoms with E-state index in [1.54, 1.807) is 34.6 Å². The quantitative estimate of drug-likeness (QED) is 0.220. The van der Waals surface area contributed by atoms with Crippen LogP contribution in [0.2, 0.25) is 0 Å². The minimum Gasteiger partial charge on any atom is -0.493 e. The summed E-state index contributed by atoms with van der Waals surface area (Å²) in [6, 6.07) is 30.2. The Labute approximate surface area is 239 Å². The number of fused-ring (bicyclic) bond motifs is 1. The predicted octanol–water partition coefficient (Wildman–Crippen LogP) is 6.31. The Kier molecular flexibility index (Phi) is 8.34. The molecule has 1 N–H and O–H groups in total. The highest BCUT2D eigenvalue weighted by molar-refractivity contribution is 5.91. The van der Waals surface area contributed by atoms with Crippen LogP contribution in [0.1, 0.15) is 34.3 Å². The smallest absolute Gasteiger partial charge is 0.232 e. The maximum absolute atomic E-state index is 14.3. The van der Waals surface area contributed by atoms with Gasteiger partial charge in [-0.1, -0.05) is 66.7 Å². The lowest BCUT2D eigenvalue weighted by atomic mass is 9.89. The third kappa shape index (κ3) is 5.65. The van der Waals surface area contributed by atoms with E-state index in [2.05, 4.69) is 5.32 Å². The van der Waals surface area contributed by atoms with Gasteiger partial charge >= 0.3 is 0 Å². The summed E-state index contributed by atoms with van der Waals surface area (Å²) >= 11 is 0. The zero-order valence-corrected chi connectivity index (χ0v) is 23.5. The Balaban J connectivity index is 1.68. The number of carbonyl (C=O) groups excluding carboxylic acids is 1. The Morgan fingerprint density at radius 2 is 1.20 bits per heavy atom. The van der Waals surface area contributed by atoms with Crippen molar-refractivity contribution in [2.24, 2.45) is 0 Å². The monoisotopic (exact) mass is 548 g/mol. The number of benzene rings is 4. The molecule has 0 radical (unpaired) electrons. The van der Waals surface area contributed by atoms with Gasteiger partial charge in [-0.2, -0.15) is 0 Å². The second kappa shape index (κ2) is 12.4. The molecular weight excluding hydrogens is 516 g/mol. The van der Waals surface area contributed by atoms with Crippen molar-refractivity contribution < 1.29 is 23.7 Å². The molecule has 7 nitrogen and oxygen atoms in total. The molecule has 0 aliphatic heterocycles. The van der Waals surface area contributed by atoms with E-state index in [0.717, 1.165) is 27.5 Å². The molecule has 5 aromatic rings. The summed E-state index contributed by atoms with van der Waals surface area (Å²) < 4.78 is 22.2. The highest BCUT2D eigenvalue weighted by atomic mass is 16.5. The second-order valence-corrected chi connectivity index (χ2v) is 9.43. The average molecular weight is 549 g/mol. The predicted molar refractivity (Wildman–Crippen MR) is 159 cm³/mol. The van der Waals surface area contributed by atoms with Crippen LogP contribution in [0.5, 0.6) is 23.0 Å². The second-order valence-electron chi connectivity index (χ2n) is 9.43. The van der Waals surface area contributed by atoms with Crippen molar-refractivity contribution in [3.8, 4) is 23.0 Å². The zero-order chi connectivity index (χ0) is 28.8. The van der Waals surface area contributed by atoms with Gasteiger partial charge in [0.25, 0.3) is 0 Å². The van der Waals surface area contributed by atoms with Gasteiger partial charge < -0.3 is 24.3 Å². The summed E-state index contributed by atoms with van der Waals surface area (Å²) in [5, 5.41) is 5.04. The fraction of sp³-hybridized carbons (Fsp3) is 0.176. The van der Waals surface area contributed by atoms with Gasteiger partial charge in [0.05, 0.1) is 46.1 Å². The van der Waals surface area contributed by atoms with Gasteiger partial charge in [-0.25, -0.2) is 0 Å². The summed E-state index contributed by atoms with van der Waals surface area (Å²) in [6.45, 7) is 0. The minimum absolute atomic E-state index is 0.165. The minimum atomic E-state index is -0.626. The number of nitrogens with one attached hydrogen (secondary N) is 1. The van der Waals surface area contributed by atoms with Gasteiger partial charge in [0.1, 0.15) is 0 Å². The van der Waals surface area contributed by atoms with E-state index < -0.39 is 12.0 Å². The molecule has 41 heavy (non-hydrogen) atoms. The van der Waals surface area contributed by atoms with E-state index in [0.29, 0.717) is 28.7 Å². The number of carbonyl (C=O) groups is 1. The normalized spacial score (nSPS) is 11.6. The summed E-state index contributed by atoms with van der Waals surface area (Å²) in [4.78, 5) is 19.1. The highest BCUT2D eigenvalue weighted by Crippen LogP contribution is 2.38. The first-order chi connectivity index (χ1) is 20.1. The summed E-state index contributed by atoms with van der Waals surface area (Å²) in [7, 11) is 6.37. The van der Waals surface area contributed by atoms with Crippen molar-refractivity contribution in [2.75, 3.05) is 28.4 Å². The molecule has 0 saturated carbocycles. The molecule has 0 aliphatic rings. The number of amides is 1. The van der Waals surface area contributed by atoms with E-state index in [-0.39, 0.29) is 5.91 Å². The number of nitrogens with zero attached hydrogens (tertiary/aromatic N) is 1. The van der Waals surface area contributed by atoms with Gasteiger partial charge in [0.2, 0.25) is 5.91 Å². The van der Waals surface area contributed by atoms with Crippen molar-refractivity contribution >= 4 is 16.7 Å². The third-order valence-corrected chi connectivity index (χ3v) is 7.13. The Hall–Kier alpha value is -5.04. The fourth-order valence-electron chi connectivity index (χ4n) is 5.11. The van der Waals surface area contributed by atoms with E-state index >= 15 is 0 Å². The first-order valence-corrected chi connectivity index (χ1v) is 13.2. The standard InChI is InChI=1S/C34H32N2O5/c1-38-27-16-15-25(20-28(27)39-2)32(33-26-21-30(41-4)29(40-3)19-24(26)17-18-35-33)36-34(37)31(22-11-7-5-8-12-22)23-13-9-6-10-14-23/h5-21,31-32H,1-4H3,(H,36,37)/t32-/m1/s1.